The van der Waals surface area contributed by atoms with E-state index in [1.807, 2.05) is 0 Å². The van der Waals surface area contributed by atoms with E-state index in [2.05, 4.69) is 14.7 Å². The van der Waals surface area contributed by atoms with E-state index in [9.17, 15) is 17.2 Å². The Morgan fingerprint density at radius 3 is 2.45 bits per heavy atom. The zero-order valence-electron chi connectivity index (χ0n) is 9.85. The molecule has 20 heavy (non-hydrogen) atoms. The summed E-state index contributed by atoms with van der Waals surface area (Å²) in [5.74, 6) is -1.57. The van der Waals surface area contributed by atoms with Crippen molar-refractivity contribution in [2.75, 3.05) is 0 Å². The number of sulfonamides is 1. The van der Waals surface area contributed by atoms with E-state index < -0.39 is 21.7 Å². The van der Waals surface area contributed by atoms with Crippen molar-refractivity contribution >= 4 is 21.6 Å². The summed E-state index contributed by atoms with van der Waals surface area (Å²) in [5.41, 5.74) is 0.0184. The number of benzene rings is 1. The fraction of sp³-hybridized carbons (Fsp3) is 0.0909. The monoisotopic (exact) mass is 319 g/mol. The van der Waals surface area contributed by atoms with Crippen molar-refractivity contribution in [3.63, 3.8) is 0 Å². The fourth-order valence-electron chi connectivity index (χ4n) is 1.36. The zero-order chi connectivity index (χ0) is 14.8. The van der Waals surface area contributed by atoms with Gasteiger partial charge in [-0.05, 0) is 17.7 Å². The third kappa shape index (κ3) is 3.47. The van der Waals surface area contributed by atoms with Crippen molar-refractivity contribution in [2.45, 2.75) is 11.4 Å². The van der Waals surface area contributed by atoms with Crippen LogP contribution in [0.5, 0.6) is 0 Å². The summed E-state index contributed by atoms with van der Waals surface area (Å²) < 4.78 is 52.0. The molecule has 0 radical (unpaired) electrons. The molecule has 0 atom stereocenters. The molecule has 1 heterocycles. The predicted octanol–water partition coefficient (Wildman–Crippen LogP) is 1.89. The van der Waals surface area contributed by atoms with Gasteiger partial charge in [0.2, 0.25) is 15.3 Å². The lowest BCUT2D eigenvalue weighted by molar-refractivity contribution is 0.562. The lowest BCUT2D eigenvalue weighted by Gasteiger charge is -2.07. The Labute approximate surface area is 118 Å². The molecular weight excluding hydrogens is 312 g/mol. The van der Waals surface area contributed by atoms with Gasteiger partial charge in [0.15, 0.2) is 0 Å². The molecule has 0 aliphatic carbocycles. The molecule has 0 aliphatic rings. The van der Waals surface area contributed by atoms with E-state index in [1.165, 1.54) is 0 Å². The van der Waals surface area contributed by atoms with Gasteiger partial charge in [-0.25, -0.2) is 31.9 Å². The molecule has 0 saturated heterocycles. The molecule has 106 valence electrons. The Morgan fingerprint density at radius 1 is 1.20 bits per heavy atom. The molecule has 2 aromatic rings. The molecule has 0 aliphatic heterocycles. The quantitative estimate of drug-likeness (QED) is 0.874. The van der Waals surface area contributed by atoms with Gasteiger partial charge in [-0.15, -0.1) is 0 Å². The minimum absolute atomic E-state index is 0.0184. The van der Waals surface area contributed by atoms with Crippen molar-refractivity contribution in [1.29, 1.82) is 0 Å². The first-order chi connectivity index (χ1) is 9.38. The van der Waals surface area contributed by atoms with Crippen LogP contribution in [-0.2, 0) is 16.6 Å². The SMILES string of the molecule is O=S(=O)(NCc1ccc(F)cc1F)c1cnc(Cl)nc1. The highest BCUT2D eigenvalue weighted by atomic mass is 35.5. The van der Waals surface area contributed by atoms with Gasteiger partial charge < -0.3 is 0 Å². The molecule has 1 aromatic heterocycles. The van der Waals surface area contributed by atoms with Crippen molar-refractivity contribution < 1.29 is 17.2 Å². The van der Waals surface area contributed by atoms with Gasteiger partial charge in [-0.1, -0.05) is 6.07 Å². The third-order valence-electron chi connectivity index (χ3n) is 2.37. The van der Waals surface area contributed by atoms with Crippen LogP contribution in [0.25, 0.3) is 0 Å². The standard InChI is InChI=1S/C11H8ClF2N3O2S/c12-11-15-5-9(6-16-11)20(18,19)17-4-7-1-2-8(13)3-10(7)14/h1-3,5-6,17H,4H2. The molecule has 0 bridgehead atoms. The molecule has 1 aromatic carbocycles. The molecule has 0 unspecified atom stereocenters. The van der Waals surface area contributed by atoms with Crippen LogP contribution < -0.4 is 4.72 Å². The lowest BCUT2D eigenvalue weighted by Crippen LogP contribution is -2.24. The van der Waals surface area contributed by atoms with Crippen LogP contribution in [0.1, 0.15) is 5.56 Å². The molecule has 9 heteroatoms. The van der Waals surface area contributed by atoms with Gasteiger partial charge in [0.05, 0.1) is 12.4 Å². The Kier molecular flexibility index (Phi) is 4.26. The van der Waals surface area contributed by atoms with E-state index in [-0.39, 0.29) is 22.3 Å². The predicted molar refractivity (Wildman–Crippen MR) is 67.4 cm³/mol. The van der Waals surface area contributed by atoms with Crippen LogP contribution in [-0.4, -0.2) is 18.4 Å². The van der Waals surface area contributed by atoms with E-state index in [1.54, 1.807) is 0 Å². The Morgan fingerprint density at radius 2 is 1.85 bits per heavy atom. The van der Waals surface area contributed by atoms with Crippen LogP contribution in [0.3, 0.4) is 0 Å². The van der Waals surface area contributed by atoms with Crippen LogP contribution >= 0.6 is 11.6 Å². The van der Waals surface area contributed by atoms with Gasteiger partial charge in [-0.3, -0.25) is 0 Å². The third-order valence-corrected chi connectivity index (χ3v) is 3.93. The molecule has 5 nitrogen and oxygen atoms in total. The minimum Gasteiger partial charge on any atom is -0.225 e. The van der Waals surface area contributed by atoms with Crippen LogP contribution in [0, 0.1) is 11.6 Å². The van der Waals surface area contributed by atoms with E-state index >= 15 is 0 Å². The summed E-state index contributed by atoms with van der Waals surface area (Å²) in [4.78, 5) is 6.88. The molecular formula is C11H8ClF2N3O2S. The maximum atomic E-state index is 13.4. The summed E-state index contributed by atoms with van der Waals surface area (Å²) in [6.45, 7) is -0.322. The Balaban J connectivity index is 2.15. The van der Waals surface area contributed by atoms with Crippen LogP contribution in [0.4, 0.5) is 8.78 Å². The highest BCUT2D eigenvalue weighted by Crippen LogP contribution is 2.12. The van der Waals surface area contributed by atoms with Crippen molar-refractivity contribution in [3.8, 4) is 0 Å². The van der Waals surface area contributed by atoms with E-state index in [0.717, 1.165) is 24.5 Å². The Hall–Kier alpha value is -1.64. The maximum absolute atomic E-state index is 13.4. The minimum atomic E-state index is -3.90. The number of aromatic nitrogens is 2. The second-order valence-corrected chi connectivity index (χ2v) is 5.85. The normalized spacial score (nSPS) is 11.6. The van der Waals surface area contributed by atoms with Crippen LogP contribution in [0.15, 0.2) is 35.5 Å². The molecule has 0 saturated carbocycles. The smallest absolute Gasteiger partial charge is 0.225 e. The lowest BCUT2D eigenvalue weighted by atomic mass is 10.2. The molecule has 0 fully saturated rings. The number of nitrogens with zero attached hydrogens (tertiary/aromatic N) is 2. The number of hydrogen-bond acceptors (Lipinski definition) is 4. The molecule has 1 N–H and O–H groups in total. The second-order valence-electron chi connectivity index (χ2n) is 3.75. The number of hydrogen-bond donors (Lipinski definition) is 1. The highest BCUT2D eigenvalue weighted by molar-refractivity contribution is 7.89. The van der Waals surface area contributed by atoms with Gasteiger partial charge >= 0.3 is 0 Å². The van der Waals surface area contributed by atoms with Crippen molar-refractivity contribution in [2.24, 2.45) is 0 Å². The topological polar surface area (TPSA) is 72.0 Å². The van der Waals surface area contributed by atoms with Gasteiger partial charge in [0, 0.05) is 18.2 Å². The van der Waals surface area contributed by atoms with E-state index in [4.69, 9.17) is 11.6 Å². The summed E-state index contributed by atoms with van der Waals surface area (Å²) in [6, 6.07) is 2.87. The van der Waals surface area contributed by atoms with Gasteiger partial charge in [0.1, 0.15) is 16.5 Å². The van der Waals surface area contributed by atoms with E-state index in [0.29, 0.717) is 6.07 Å². The number of halogens is 3. The highest BCUT2D eigenvalue weighted by Gasteiger charge is 2.16. The number of rotatable bonds is 4. The first-order valence-electron chi connectivity index (χ1n) is 5.29. The van der Waals surface area contributed by atoms with Gasteiger partial charge in [0.25, 0.3) is 0 Å². The Bertz CT molecular complexity index is 723. The van der Waals surface area contributed by atoms with Gasteiger partial charge in [-0.2, -0.15) is 0 Å². The molecule has 2 rings (SSSR count). The summed E-state index contributed by atoms with van der Waals surface area (Å²) in [6.07, 6.45) is 2.05. The number of nitrogens with one attached hydrogen (secondary N) is 1. The van der Waals surface area contributed by atoms with Crippen LogP contribution in [0.2, 0.25) is 5.28 Å². The first-order valence-corrected chi connectivity index (χ1v) is 7.16. The summed E-state index contributed by atoms with van der Waals surface area (Å²) in [5, 5.41) is -0.0893. The molecule has 0 spiro atoms. The fourth-order valence-corrected chi connectivity index (χ4v) is 2.35. The first kappa shape index (κ1) is 14.8. The average Bonchev–Trinajstić information content (AvgIpc) is 2.38. The van der Waals surface area contributed by atoms with Crippen molar-refractivity contribution in [1.82, 2.24) is 14.7 Å². The summed E-state index contributed by atoms with van der Waals surface area (Å²) in [7, 11) is -3.90. The largest absolute Gasteiger partial charge is 0.243 e. The van der Waals surface area contributed by atoms with Crippen molar-refractivity contribution in [3.05, 3.63) is 53.1 Å². The maximum Gasteiger partial charge on any atom is 0.243 e. The second kappa shape index (κ2) is 5.78. The zero-order valence-corrected chi connectivity index (χ0v) is 11.4. The average molecular weight is 320 g/mol. The summed E-state index contributed by atoms with van der Waals surface area (Å²) >= 11 is 5.45. The molecule has 0 amide bonds.